The zero-order valence-electron chi connectivity index (χ0n) is 15.0. The highest BCUT2D eigenvalue weighted by molar-refractivity contribution is 5.63. The van der Waals surface area contributed by atoms with Gasteiger partial charge in [-0.3, -0.25) is 0 Å². The maximum absolute atomic E-state index is 5.57. The maximum Gasteiger partial charge on any atom is 0.278 e. The minimum atomic E-state index is -0.222. The van der Waals surface area contributed by atoms with Crippen molar-refractivity contribution >= 4 is 5.95 Å². The fourth-order valence-electron chi connectivity index (χ4n) is 3.58. The zero-order valence-corrected chi connectivity index (χ0v) is 15.0. The zero-order chi connectivity index (χ0) is 19.0. The first-order valence-corrected chi connectivity index (χ1v) is 9.05. The first kappa shape index (κ1) is 16.5. The molecule has 8 nitrogen and oxygen atoms in total. The Kier molecular flexibility index (Phi) is 3.82. The van der Waals surface area contributed by atoms with E-state index in [0.29, 0.717) is 17.4 Å². The van der Waals surface area contributed by atoms with Gasteiger partial charge in [-0.1, -0.05) is 35.8 Å². The van der Waals surface area contributed by atoms with E-state index >= 15 is 0 Å². The number of aromatic nitrogens is 6. The second-order valence-corrected chi connectivity index (χ2v) is 6.87. The molecule has 0 atom stereocenters. The molecule has 0 unspecified atom stereocenters. The fraction of sp³-hybridized carbons (Fsp3) is 0.200. The van der Waals surface area contributed by atoms with E-state index in [1.807, 2.05) is 0 Å². The van der Waals surface area contributed by atoms with Crippen LogP contribution in [0.3, 0.4) is 0 Å². The fourth-order valence-corrected chi connectivity index (χ4v) is 3.58. The summed E-state index contributed by atoms with van der Waals surface area (Å²) in [5.41, 5.74) is 9.05. The van der Waals surface area contributed by atoms with Crippen molar-refractivity contribution in [3.05, 3.63) is 66.4 Å². The second-order valence-electron chi connectivity index (χ2n) is 6.87. The van der Waals surface area contributed by atoms with Gasteiger partial charge in [0.15, 0.2) is 11.5 Å². The molecule has 3 heterocycles. The molecule has 8 heteroatoms. The largest absolute Gasteiger partial charge is 0.368 e. The molecule has 0 radical (unpaired) electrons. The van der Waals surface area contributed by atoms with Crippen LogP contribution in [0.4, 0.5) is 5.95 Å². The number of nitrogen functional groups attached to an aromatic ring is 1. The first-order valence-electron chi connectivity index (χ1n) is 9.05. The Morgan fingerprint density at radius 3 is 2.39 bits per heavy atom. The van der Waals surface area contributed by atoms with E-state index in [0.717, 1.165) is 30.4 Å². The summed E-state index contributed by atoms with van der Waals surface area (Å²) in [5.74, 6) is 1.36. The normalized spacial score (nSPS) is 15.1. The van der Waals surface area contributed by atoms with Gasteiger partial charge in [0.05, 0.1) is 5.41 Å². The molecule has 1 fully saturated rings. The number of benzene rings is 1. The minimum absolute atomic E-state index is 0.222. The van der Waals surface area contributed by atoms with Crippen LogP contribution in [0.25, 0.3) is 22.7 Å². The highest BCUT2D eigenvalue weighted by Crippen LogP contribution is 2.48. The van der Waals surface area contributed by atoms with Gasteiger partial charge in [0, 0.05) is 24.2 Å². The van der Waals surface area contributed by atoms with Crippen LogP contribution < -0.4 is 5.73 Å². The average Bonchev–Trinajstić information content (AvgIpc) is 3.19. The van der Waals surface area contributed by atoms with Gasteiger partial charge in [-0.25, -0.2) is 9.97 Å². The molecule has 0 aliphatic heterocycles. The monoisotopic (exact) mass is 371 g/mol. The molecule has 1 aromatic carbocycles. The Balaban J connectivity index is 1.47. The molecule has 0 spiro atoms. The SMILES string of the molecule is Nc1ncc(-c2ccc(C3(c4noc(-c5cccnn5)n4)CCC3)cc2)cn1. The van der Waals surface area contributed by atoms with Crippen LogP contribution in [-0.4, -0.2) is 30.3 Å². The third-order valence-corrected chi connectivity index (χ3v) is 5.30. The molecule has 0 bridgehead atoms. The summed E-state index contributed by atoms with van der Waals surface area (Å²) in [7, 11) is 0. The molecule has 1 aliphatic rings. The molecular formula is C20H17N7O. The number of nitrogens with two attached hydrogens (primary N) is 1. The summed E-state index contributed by atoms with van der Waals surface area (Å²) in [6.07, 6.45) is 8.16. The number of anilines is 1. The maximum atomic E-state index is 5.57. The Morgan fingerprint density at radius 2 is 1.75 bits per heavy atom. The van der Waals surface area contributed by atoms with Crippen molar-refractivity contribution < 1.29 is 4.52 Å². The molecule has 1 saturated carbocycles. The predicted octanol–water partition coefficient (Wildman–Crippen LogP) is 3.04. The molecule has 2 N–H and O–H groups in total. The van der Waals surface area contributed by atoms with Crippen LogP contribution in [0.1, 0.15) is 30.7 Å². The first-order chi connectivity index (χ1) is 13.7. The average molecular weight is 371 g/mol. The third kappa shape index (κ3) is 2.70. The Labute approximate surface area is 160 Å². The van der Waals surface area contributed by atoms with Gasteiger partial charge in [-0.15, -0.1) is 5.10 Å². The molecule has 28 heavy (non-hydrogen) atoms. The molecule has 138 valence electrons. The molecule has 5 rings (SSSR count). The van der Waals surface area contributed by atoms with Crippen molar-refractivity contribution in [2.45, 2.75) is 24.7 Å². The van der Waals surface area contributed by atoms with E-state index in [2.05, 4.69) is 54.6 Å². The molecular weight excluding hydrogens is 354 g/mol. The predicted molar refractivity (Wildman–Crippen MR) is 102 cm³/mol. The molecule has 0 saturated heterocycles. The van der Waals surface area contributed by atoms with Crippen molar-refractivity contribution in [3.63, 3.8) is 0 Å². The summed E-state index contributed by atoms with van der Waals surface area (Å²) in [6.45, 7) is 0. The minimum Gasteiger partial charge on any atom is -0.368 e. The standard InChI is InChI=1S/C20H17N7O/c21-19-22-11-14(12-23-19)13-4-6-15(7-5-13)20(8-2-9-20)18-25-17(28-27-18)16-3-1-10-24-26-16/h1,3-7,10-12H,2,8-9H2,(H2,21,22,23). The Hall–Kier alpha value is -3.68. The summed E-state index contributed by atoms with van der Waals surface area (Å²) in [4.78, 5) is 12.7. The summed E-state index contributed by atoms with van der Waals surface area (Å²) < 4.78 is 5.47. The van der Waals surface area contributed by atoms with Gasteiger partial charge in [0.25, 0.3) is 5.89 Å². The van der Waals surface area contributed by atoms with Crippen LogP contribution >= 0.6 is 0 Å². The molecule has 4 aromatic rings. The lowest BCUT2D eigenvalue weighted by Crippen LogP contribution is -2.36. The second kappa shape index (κ2) is 6.49. The number of nitrogens with zero attached hydrogens (tertiary/aromatic N) is 6. The van der Waals surface area contributed by atoms with Crippen molar-refractivity contribution in [2.75, 3.05) is 5.73 Å². The van der Waals surface area contributed by atoms with E-state index in [4.69, 9.17) is 10.3 Å². The molecule has 3 aromatic heterocycles. The number of hydrogen-bond donors (Lipinski definition) is 1. The highest BCUT2D eigenvalue weighted by Gasteiger charge is 2.44. The van der Waals surface area contributed by atoms with Crippen LogP contribution in [0.2, 0.25) is 0 Å². The number of hydrogen-bond acceptors (Lipinski definition) is 8. The molecule has 0 amide bonds. The van der Waals surface area contributed by atoms with Crippen LogP contribution in [0.5, 0.6) is 0 Å². The van der Waals surface area contributed by atoms with E-state index in [1.54, 1.807) is 30.7 Å². The van der Waals surface area contributed by atoms with Crippen LogP contribution in [0, 0.1) is 0 Å². The quantitative estimate of drug-likeness (QED) is 0.582. The van der Waals surface area contributed by atoms with Gasteiger partial charge < -0.3 is 10.3 Å². The number of rotatable bonds is 4. The van der Waals surface area contributed by atoms with E-state index in [9.17, 15) is 0 Å². The van der Waals surface area contributed by atoms with E-state index < -0.39 is 0 Å². The van der Waals surface area contributed by atoms with E-state index in [-0.39, 0.29) is 11.4 Å². The summed E-state index contributed by atoms with van der Waals surface area (Å²) in [6, 6.07) is 12.0. The van der Waals surface area contributed by atoms with Crippen LogP contribution in [-0.2, 0) is 5.41 Å². The third-order valence-electron chi connectivity index (χ3n) is 5.30. The Morgan fingerprint density at radius 1 is 0.964 bits per heavy atom. The van der Waals surface area contributed by atoms with Crippen LogP contribution in [0.15, 0.2) is 59.5 Å². The lowest BCUT2D eigenvalue weighted by molar-refractivity contribution is 0.273. The smallest absolute Gasteiger partial charge is 0.278 e. The lowest BCUT2D eigenvalue weighted by Gasteiger charge is -2.39. The lowest BCUT2D eigenvalue weighted by atomic mass is 9.64. The summed E-state index contributed by atoms with van der Waals surface area (Å²) >= 11 is 0. The van der Waals surface area contributed by atoms with Crippen molar-refractivity contribution in [2.24, 2.45) is 0 Å². The molecule has 1 aliphatic carbocycles. The van der Waals surface area contributed by atoms with E-state index in [1.165, 1.54) is 5.56 Å². The van der Waals surface area contributed by atoms with Gasteiger partial charge in [0.2, 0.25) is 5.95 Å². The van der Waals surface area contributed by atoms with Gasteiger partial charge in [-0.2, -0.15) is 10.1 Å². The van der Waals surface area contributed by atoms with Gasteiger partial charge in [-0.05, 0) is 36.1 Å². The topological polar surface area (TPSA) is 116 Å². The van der Waals surface area contributed by atoms with Gasteiger partial charge >= 0.3 is 0 Å². The summed E-state index contributed by atoms with van der Waals surface area (Å²) in [5, 5.41) is 12.2. The van der Waals surface area contributed by atoms with Crippen molar-refractivity contribution in [1.82, 2.24) is 30.3 Å². The highest BCUT2D eigenvalue weighted by atomic mass is 16.5. The Bertz CT molecular complexity index is 1090. The van der Waals surface area contributed by atoms with Gasteiger partial charge in [0.1, 0.15) is 0 Å². The van der Waals surface area contributed by atoms with Crippen molar-refractivity contribution in [1.29, 1.82) is 0 Å². The van der Waals surface area contributed by atoms with Crippen molar-refractivity contribution in [3.8, 4) is 22.7 Å².